The van der Waals surface area contributed by atoms with E-state index in [1.54, 1.807) is 0 Å². The zero-order valence-electron chi connectivity index (χ0n) is 14.1. The van der Waals surface area contributed by atoms with Crippen molar-refractivity contribution in [1.82, 2.24) is 4.90 Å². The molecule has 1 heterocycles. The normalized spacial score (nSPS) is 28.4. The van der Waals surface area contributed by atoms with Gasteiger partial charge in [-0.15, -0.1) is 0 Å². The monoisotopic (exact) mass is 317 g/mol. The summed E-state index contributed by atoms with van der Waals surface area (Å²) < 4.78 is 6.04. The minimum atomic E-state index is 0.175. The molecule has 1 saturated heterocycles. The lowest BCUT2D eigenvalue weighted by atomic mass is 9.90. The number of nitrogens with zero attached hydrogens (tertiary/aromatic N) is 1. The largest absolute Gasteiger partial charge is 0.371 e. The highest BCUT2D eigenvalue weighted by molar-refractivity contribution is 5.86. The van der Waals surface area contributed by atoms with E-state index in [1.165, 1.54) is 34.2 Å². The molecule has 0 aromatic heterocycles. The number of ether oxygens (including phenoxy) is 1. The van der Waals surface area contributed by atoms with Gasteiger partial charge in [-0.1, -0.05) is 48.5 Å². The molecule has 2 heteroatoms. The summed E-state index contributed by atoms with van der Waals surface area (Å²) in [6.07, 6.45) is 3.84. The summed E-state index contributed by atoms with van der Waals surface area (Å²) in [5.41, 5.74) is 7.23. The zero-order valence-corrected chi connectivity index (χ0v) is 14.1. The van der Waals surface area contributed by atoms with E-state index in [4.69, 9.17) is 4.74 Å². The lowest BCUT2D eigenvalue weighted by Crippen LogP contribution is -2.39. The van der Waals surface area contributed by atoms with E-state index in [1.807, 2.05) is 0 Å². The Balaban J connectivity index is 1.67. The summed E-state index contributed by atoms with van der Waals surface area (Å²) in [5.74, 6) is 1.39. The summed E-state index contributed by atoms with van der Waals surface area (Å²) in [6, 6.07) is 18.0. The highest BCUT2D eigenvalue weighted by Crippen LogP contribution is 2.60. The van der Waals surface area contributed by atoms with E-state index < -0.39 is 0 Å². The molecule has 2 nitrogen and oxygen atoms in total. The van der Waals surface area contributed by atoms with Crippen LogP contribution in [0.25, 0.3) is 5.57 Å². The molecule has 2 fully saturated rings. The van der Waals surface area contributed by atoms with Crippen LogP contribution in [-0.4, -0.2) is 37.7 Å². The summed E-state index contributed by atoms with van der Waals surface area (Å²) in [7, 11) is 2.18. The summed E-state index contributed by atoms with van der Waals surface area (Å²) >= 11 is 0. The van der Waals surface area contributed by atoms with Gasteiger partial charge in [0.05, 0.1) is 12.7 Å². The van der Waals surface area contributed by atoms with Crippen molar-refractivity contribution < 1.29 is 4.74 Å². The van der Waals surface area contributed by atoms with Gasteiger partial charge in [-0.25, -0.2) is 0 Å². The topological polar surface area (TPSA) is 12.5 Å². The average Bonchev–Trinajstić information content (AvgIpc) is 3.40. The molecule has 3 unspecified atom stereocenters. The molecule has 1 aliphatic heterocycles. The minimum absolute atomic E-state index is 0.175. The van der Waals surface area contributed by atoms with Gasteiger partial charge in [0.1, 0.15) is 0 Å². The van der Waals surface area contributed by atoms with Gasteiger partial charge in [-0.3, -0.25) is 0 Å². The van der Waals surface area contributed by atoms with Crippen molar-refractivity contribution in [1.29, 1.82) is 0 Å². The molecule has 3 atom stereocenters. The van der Waals surface area contributed by atoms with Crippen molar-refractivity contribution in [3.05, 3.63) is 76.9 Å². The van der Waals surface area contributed by atoms with Crippen LogP contribution in [0.3, 0.4) is 0 Å². The van der Waals surface area contributed by atoms with Crippen LogP contribution in [0.2, 0.25) is 0 Å². The minimum Gasteiger partial charge on any atom is -0.371 e. The van der Waals surface area contributed by atoms with Gasteiger partial charge in [0, 0.05) is 13.1 Å². The number of morpholine rings is 1. The molecule has 0 spiro atoms. The van der Waals surface area contributed by atoms with Gasteiger partial charge in [-0.2, -0.15) is 0 Å². The number of fused-ring (bicyclic) bond motifs is 5. The second kappa shape index (κ2) is 5.58. The third-order valence-electron chi connectivity index (χ3n) is 5.74. The molecular weight excluding hydrogens is 294 g/mol. The Morgan fingerprint density at radius 1 is 0.958 bits per heavy atom. The van der Waals surface area contributed by atoms with E-state index in [0.717, 1.165) is 19.7 Å². The van der Waals surface area contributed by atoms with Crippen LogP contribution in [0.1, 0.15) is 40.5 Å². The molecule has 5 rings (SSSR count). The van der Waals surface area contributed by atoms with E-state index in [9.17, 15) is 0 Å². The Labute approximate surface area is 143 Å². The van der Waals surface area contributed by atoms with Crippen LogP contribution >= 0.6 is 0 Å². The van der Waals surface area contributed by atoms with Gasteiger partial charge in [0.2, 0.25) is 0 Å². The van der Waals surface area contributed by atoms with E-state index in [2.05, 4.69) is 66.6 Å². The first-order valence-electron chi connectivity index (χ1n) is 9.02. The Morgan fingerprint density at radius 3 is 2.21 bits per heavy atom. The number of hydrogen-bond donors (Lipinski definition) is 0. The Bertz CT molecular complexity index is 756. The molecule has 24 heavy (non-hydrogen) atoms. The highest BCUT2D eigenvalue weighted by Gasteiger charge is 2.44. The van der Waals surface area contributed by atoms with Crippen molar-refractivity contribution in [3.8, 4) is 0 Å². The lowest BCUT2D eigenvalue weighted by molar-refractivity contribution is 0.00724. The first-order chi connectivity index (χ1) is 11.8. The van der Waals surface area contributed by atoms with Crippen molar-refractivity contribution >= 4 is 5.57 Å². The third kappa shape index (κ3) is 2.33. The maximum atomic E-state index is 6.04. The van der Waals surface area contributed by atoms with Gasteiger partial charge < -0.3 is 9.64 Å². The number of benzene rings is 2. The summed E-state index contributed by atoms with van der Waals surface area (Å²) in [4.78, 5) is 2.36. The first-order valence-corrected chi connectivity index (χ1v) is 9.02. The first kappa shape index (κ1) is 14.4. The summed E-state index contributed by atoms with van der Waals surface area (Å²) in [6.45, 7) is 2.82. The number of rotatable bonds is 1. The van der Waals surface area contributed by atoms with Gasteiger partial charge in [-0.05, 0) is 59.2 Å². The average molecular weight is 317 g/mol. The van der Waals surface area contributed by atoms with E-state index in [0.29, 0.717) is 11.8 Å². The van der Waals surface area contributed by atoms with Crippen LogP contribution in [-0.2, 0) is 4.74 Å². The molecule has 0 N–H and O–H groups in total. The molecule has 2 aliphatic carbocycles. The van der Waals surface area contributed by atoms with Crippen molar-refractivity contribution in [2.75, 3.05) is 26.7 Å². The quantitative estimate of drug-likeness (QED) is 0.787. The fraction of sp³-hybridized carbons (Fsp3) is 0.364. The number of hydrogen-bond acceptors (Lipinski definition) is 2. The van der Waals surface area contributed by atoms with E-state index >= 15 is 0 Å². The molecule has 0 bridgehead atoms. The predicted molar refractivity (Wildman–Crippen MR) is 97.3 cm³/mol. The molecule has 122 valence electrons. The maximum absolute atomic E-state index is 6.04. The Kier molecular flexibility index (Phi) is 3.36. The van der Waals surface area contributed by atoms with Gasteiger partial charge in [0.15, 0.2) is 0 Å². The van der Waals surface area contributed by atoms with Gasteiger partial charge in [0.25, 0.3) is 0 Å². The van der Waals surface area contributed by atoms with E-state index in [-0.39, 0.29) is 6.10 Å². The molecule has 2 aromatic carbocycles. The molecule has 0 amide bonds. The Morgan fingerprint density at radius 2 is 1.58 bits per heavy atom. The fourth-order valence-corrected chi connectivity index (χ4v) is 4.44. The lowest BCUT2D eigenvalue weighted by Gasteiger charge is -2.29. The molecule has 2 aromatic rings. The fourth-order valence-electron chi connectivity index (χ4n) is 4.44. The van der Waals surface area contributed by atoms with Gasteiger partial charge >= 0.3 is 0 Å². The smallest absolute Gasteiger partial charge is 0.0892 e. The summed E-state index contributed by atoms with van der Waals surface area (Å²) in [5, 5.41) is 0. The van der Waals surface area contributed by atoms with Crippen molar-refractivity contribution in [3.63, 3.8) is 0 Å². The number of likely N-dealkylation sites (N-methyl/N-ethyl adjacent to an activating group) is 1. The Hall–Kier alpha value is -1.90. The van der Waals surface area contributed by atoms with Crippen molar-refractivity contribution in [2.45, 2.75) is 24.4 Å². The maximum Gasteiger partial charge on any atom is 0.0892 e. The standard InChI is InChI=1S/C22H23NO/c1-23-10-11-24-15(14-23)12-20-16-6-2-4-8-18(16)21-13-22(21)19-9-5-3-7-17(19)20/h2-9,12,15,21-22H,10-11,13-14H2,1H3. The second-order valence-corrected chi connectivity index (χ2v) is 7.38. The molecular formula is C22H23NO. The highest BCUT2D eigenvalue weighted by atomic mass is 16.5. The molecule has 1 saturated carbocycles. The predicted octanol–water partition coefficient (Wildman–Crippen LogP) is 4.03. The van der Waals surface area contributed by atoms with Crippen LogP contribution in [0, 0.1) is 0 Å². The third-order valence-corrected chi connectivity index (χ3v) is 5.74. The molecule has 0 radical (unpaired) electrons. The molecule has 3 aliphatic rings. The van der Waals surface area contributed by atoms with Crippen molar-refractivity contribution in [2.24, 2.45) is 0 Å². The van der Waals surface area contributed by atoms with Crippen LogP contribution in [0.15, 0.2) is 54.6 Å². The zero-order chi connectivity index (χ0) is 16.1. The second-order valence-electron chi connectivity index (χ2n) is 7.38. The van der Waals surface area contributed by atoms with Crippen LogP contribution in [0.4, 0.5) is 0 Å². The van der Waals surface area contributed by atoms with Crippen LogP contribution in [0.5, 0.6) is 0 Å². The SMILES string of the molecule is CN1CCOC(C=C2c3ccccc3C3CC3c3ccccc32)C1. The van der Waals surface area contributed by atoms with Crippen LogP contribution < -0.4 is 0 Å².